The topological polar surface area (TPSA) is 77.4 Å². The molecule has 0 aliphatic rings. The number of nitrogens with one attached hydrogen (secondary N) is 1. The van der Waals surface area contributed by atoms with Crippen LogP contribution in [0.5, 0.6) is 5.75 Å². The lowest BCUT2D eigenvalue weighted by Crippen LogP contribution is -2.41. The van der Waals surface area contributed by atoms with Crippen LogP contribution < -0.4 is 15.6 Å². The smallest absolute Gasteiger partial charge is 0.251 e. The number of Topliss-reactive ketones (excluding diaryl/α,β-unsaturated/α-hetero) is 1. The number of benzene rings is 2. The van der Waals surface area contributed by atoms with Gasteiger partial charge in [-0.15, -0.1) is 0 Å². The zero-order chi connectivity index (χ0) is 20.8. The summed E-state index contributed by atoms with van der Waals surface area (Å²) in [5.41, 5.74) is 0.755. The van der Waals surface area contributed by atoms with Crippen LogP contribution in [0, 0.1) is 0 Å². The van der Waals surface area contributed by atoms with Crippen molar-refractivity contribution in [2.45, 2.75) is 12.6 Å². The minimum Gasteiger partial charge on any atom is -0.497 e. The predicted octanol–water partition coefficient (Wildman–Crippen LogP) is 3.36. The lowest BCUT2D eigenvalue weighted by molar-refractivity contribution is -0.123. The molecule has 6 nitrogen and oxygen atoms in total. The number of aromatic nitrogens is 1. The molecule has 0 aliphatic heterocycles. The SMILES string of the molecule is COc1ccc(CNC(=O)C(C(=O)c2ccc(Br)cc2)n2ccccc2=O)cc1. The van der Waals surface area contributed by atoms with Crippen molar-refractivity contribution in [1.29, 1.82) is 0 Å². The Morgan fingerprint density at radius 3 is 2.34 bits per heavy atom. The van der Waals surface area contributed by atoms with E-state index in [0.29, 0.717) is 11.3 Å². The maximum atomic E-state index is 13.1. The van der Waals surface area contributed by atoms with Crippen LogP contribution in [0.15, 0.2) is 82.2 Å². The number of nitrogens with zero attached hydrogens (tertiary/aromatic N) is 1. The fourth-order valence-corrected chi connectivity index (χ4v) is 3.09. The highest BCUT2D eigenvalue weighted by atomic mass is 79.9. The molecule has 2 aromatic carbocycles. The van der Waals surface area contributed by atoms with Crippen molar-refractivity contribution in [3.8, 4) is 5.75 Å². The first kappa shape index (κ1) is 20.5. The first-order valence-electron chi connectivity index (χ1n) is 8.87. The zero-order valence-corrected chi connectivity index (χ0v) is 17.3. The third kappa shape index (κ3) is 5.00. The van der Waals surface area contributed by atoms with Gasteiger partial charge in [-0.3, -0.25) is 19.0 Å². The van der Waals surface area contributed by atoms with E-state index >= 15 is 0 Å². The van der Waals surface area contributed by atoms with Crippen LogP contribution in [0.4, 0.5) is 0 Å². The summed E-state index contributed by atoms with van der Waals surface area (Å²) in [7, 11) is 1.58. The Hall–Kier alpha value is -3.19. The normalized spacial score (nSPS) is 11.5. The molecule has 1 aromatic heterocycles. The number of hydrogen-bond acceptors (Lipinski definition) is 4. The summed E-state index contributed by atoms with van der Waals surface area (Å²) in [6.45, 7) is 0.217. The average Bonchev–Trinajstić information content (AvgIpc) is 2.74. The molecule has 0 fully saturated rings. The van der Waals surface area contributed by atoms with Gasteiger partial charge >= 0.3 is 0 Å². The molecule has 1 heterocycles. The van der Waals surface area contributed by atoms with Gasteiger partial charge in [0.1, 0.15) is 5.75 Å². The lowest BCUT2D eigenvalue weighted by Gasteiger charge is -2.18. The largest absolute Gasteiger partial charge is 0.497 e. The van der Waals surface area contributed by atoms with Gasteiger partial charge in [0.2, 0.25) is 0 Å². The van der Waals surface area contributed by atoms with Crippen molar-refractivity contribution >= 4 is 27.6 Å². The summed E-state index contributed by atoms with van der Waals surface area (Å²) in [6, 6.07) is 17.1. The summed E-state index contributed by atoms with van der Waals surface area (Å²) in [6.07, 6.45) is 1.44. The first-order chi connectivity index (χ1) is 14.0. The van der Waals surface area contributed by atoms with E-state index < -0.39 is 23.3 Å². The van der Waals surface area contributed by atoms with Crippen molar-refractivity contribution in [2.75, 3.05) is 7.11 Å². The molecule has 148 valence electrons. The Bertz CT molecular complexity index is 1060. The van der Waals surface area contributed by atoms with Crippen LogP contribution in [0.3, 0.4) is 0 Å². The number of pyridine rings is 1. The number of carbonyl (C=O) groups excluding carboxylic acids is 2. The molecule has 0 spiro atoms. The molecule has 1 unspecified atom stereocenters. The molecule has 0 aliphatic carbocycles. The van der Waals surface area contributed by atoms with E-state index in [9.17, 15) is 14.4 Å². The highest BCUT2D eigenvalue weighted by molar-refractivity contribution is 9.10. The minimum atomic E-state index is -1.30. The minimum absolute atomic E-state index is 0.217. The molecule has 0 saturated heterocycles. The van der Waals surface area contributed by atoms with Gasteiger partial charge < -0.3 is 10.1 Å². The number of carbonyl (C=O) groups is 2. The summed E-state index contributed by atoms with van der Waals surface area (Å²) in [5.74, 6) is -0.306. The third-order valence-electron chi connectivity index (χ3n) is 4.38. The Labute approximate surface area is 176 Å². The fourth-order valence-electron chi connectivity index (χ4n) is 2.83. The number of ether oxygens (including phenoxy) is 1. The molecule has 7 heteroatoms. The molecule has 1 N–H and O–H groups in total. The van der Waals surface area contributed by atoms with Gasteiger partial charge in [-0.2, -0.15) is 0 Å². The third-order valence-corrected chi connectivity index (χ3v) is 4.91. The second-order valence-corrected chi connectivity index (χ2v) is 7.20. The summed E-state index contributed by atoms with van der Waals surface area (Å²) >= 11 is 3.32. The second kappa shape index (κ2) is 9.34. The van der Waals surface area contributed by atoms with Crippen LogP contribution in [-0.2, 0) is 11.3 Å². The molecule has 0 bridgehead atoms. The predicted molar refractivity (Wildman–Crippen MR) is 113 cm³/mol. The number of methoxy groups -OCH3 is 1. The van der Waals surface area contributed by atoms with Crippen molar-refractivity contribution < 1.29 is 14.3 Å². The van der Waals surface area contributed by atoms with Crippen LogP contribution in [-0.4, -0.2) is 23.4 Å². The Morgan fingerprint density at radius 1 is 1.03 bits per heavy atom. The summed E-state index contributed by atoms with van der Waals surface area (Å²) < 4.78 is 7.08. The number of rotatable bonds is 7. The molecule has 0 radical (unpaired) electrons. The molecule has 0 saturated carbocycles. The van der Waals surface area contributed by atoms with Crippen LogP contribution in [0.1, 0.15) is 22.0 Å². The highest BCUT2D eigenvalue weighted by Gasteiger charge is 2.29. The molecule has 3 aromatic rings. The van der Waals surface area contributed by atoms with Crippen molar-refractivity contribution in [3.63, 3.8) is 0 Å². The maximum Gasteiger partial charge on any atom is 0.251 e. The highest BCUT2D eigenvalue weighted by Crippen LogP contribution is 2.17. The van der Waals surface area contributed by atoms with E-state index in [0.717, 1.165) is 14.6 Å². The lowest BCUT2D eigenvalue weighted by atomic mass is 10.0. The van der Waals surface area contributed by atoms with E-state index in [1.165, 1.54) is 12.3 Å². The van der Waals surface area contributed by atoms with Gasteiger partial charge in [-0.05, 0) is 35.9 Å². The monoisotopic (exact) mass is 454 g/mol. The maximum absolute atomic E-state index is 13.1. The van der Waals surface area contributed by atoms with Crippen molar-refractivity contribution in [3.05, 3.63) is 98.9 Å². The van der Waals surface area contributed by atoms with E-state index in [1.54, 1.807) is 55.6 Å². The van der Waals surface area contributed by atoms with Gasteiger partial charge in [-0.1, -0.05) is 46.3 Å². The Balaban J connectivity index is 1.86. The summed E-state index contributed by atoms with van der Waals surface area (Å²) in [4.78, 5) is 38.4. The molecular formula is C22H19BrN2O4. The van der Waals surface area contributed by atoms with Gasteiger partial charge in [0.25, 0.3) is 11.5 Å². The molecule has 1 amide bonds. The van der Waals surface area contributed by atoms with Gasteiger partial charge in [0.15, 0.2) is 11.8 Å². The van der Waals surface area contributed by atoms with Crippen molar-refractivity contribution in [1.82, 2.24) is 9.88 Å². The van der Waals surface area contributed by atoms with Crippen LogP contribution >= 0.6 is 15.9 Å². The van der Waals surface area contributed by atoms with E-state index in [1.807, 2.05) is 12.1 Å². The number of halogens is 1. The average molecular weight is 455 g/mol. The van der Waals surface area contributed by atoms with Crippen LogP contribution in [0.25, 0.3) is 0 Å². The number of hydrogen-bond donors (Lipinski definition) is 1. The fraction of sp³-hybridized carbons (Fsp3) is 0.136. The Kier molecular flexibility index (Phi) is 6.61. The van der Waals surface area contributed by atoms with Gasteiger partial charge in [0.05, 0.1) is 7.11 Å². The first-order valence-corrected chi connectivity index (χ1v) is 9.66. The zero-order valence-electron chi connectivity index (χ0n) is 15.7. The summed E-state index contributed by atoms with van der Waals surface area (Å²) in [5, 5.41) is 2.75. The number of ketones is 1. The standard InChI is InChI=1S/C22H19BrN2O4/c1-29-18-11-5-15(6-12-18)14-24-22(28)20(25-13-3-2-4-19(25)26)21(27)16-7-9-17(23)10-8-16/h2-13,20H,14H2,1H3,(H,24,28). The molecular weight excluding hydrogens is 436 g/mol. The van der Waals surface area contributed by atoms with Gasteiger partial charge in [-0.25, -0.2) is 0 Å². The molecule has 3 rings (SSSR count). The molecule has 29 heavy (non-hydrogen) atoms. The van der Waals surface area contributed by atoms with Gasteiger partial charge in [0, 0.05) is 28.8 Å². The van der Waals surface area contributed by atoms with E-state index in [-0.39, 0.29) is 6.54 Å². The number of amides is 1. The second-order valence-electron chi connectivity index (χ2n) is 6.29. The van der Waals surface area contributed by atoms with E-state index in [2.05, 4.69) is 21.2 Å². The molecule has 1 atom stereocenters. The van der Waals surface area contributed by atoms with E-state index in [4.69, 9.17) is 4.74 Å². The Morgan fingerprint density at radius 2 is 1.72 bits per heavy atom. The van der Waals surface area contributed by atoms with Crippen molar-refractivity contribution in [2.24, 2.45) is 0 Å². The quantitative estimate of drug-likeness (QED) is 0.438. The van der Waals surface area contributed by atoms with Crippen LogP contribution in [0.2, 0.25) is 0 Å².